The van der Waals surface area contributed by atoms with Gasteiger partial charge in [0, 0.05) is 19.0 Å². The first-order valence-electron chi connectivity index (χ1n) is 5.41. The molecule has 0 aromatic carbocycles. The van der Waals surface area contributed by atoms with E-state index in [2.05, 4.69) is 19.9 Å². The quantitative estimate of drug-likeness (QED) is 0.787. The lowest BCUT2D eigenvalue weighted by Gasteiger charge is -2.27. The highest BCUT2D eigenvalue weighted by Crippen LogP contribution is 2.17. The molecular formula is C10H15ClN4O. The molecule has 1 aliphatic rings. The molecule has 5 nitrogen and oxygen atoms in total. The Morgan fingerprint density at radius 3 is 2.50 bits per heavy atom. The van der Waals surface area contributed by atoms with Crippen LogP contribution < -0.4 is 4.90 Å². The van der Waals surface area contributed by atoms with Gasteiger partial charge in [0.2, 0.25) is 11.2 Å². The summed E-state index contributed by atoms with van der Waals surface area (Å²) in [7, 11) is 0. The third-order valence-corrected chi connectivity index (χ3v) is 2.59. The molecule has 1 fully saturated rings. The number of anilines is 1. The van der Waals surface area contributed by atoms with Crippen LogP contribution in [0.3, 0.4) is 0 Å². The number of nitrogens with zero attached hydrogens (tertiary/aromatic N) is 4. The second-order valence-corrected chi connectivity index (χ2v) is 4.35. The highest BCUT2D eigenvalue weighted by atomic mass is 35.5. The van der Waals surface area contributed by atoms with Gasteiger partial charge in [0.1, 0.15) is 5.82 Å². The zero-order valence-corrected chi connectivity index (χ0v) is 10.2. The van der Waals surface area contributed by atoms with Gasteiger partial charge in [0.05, 0.1) is 13.2 Å². The van der Waals surface area contributed by atoms with E-state index in [0.717, 1.165) is 18.9 Å². The molecule has 16 heavy (non-hydrogen) atoms. The van der Waals surface area contributed by atoms with Crippen molar-refractivity contribution in [3.05, 3.63) is 11.1 Å². The summed E-state index contributed by atoms with van der Waals surface area (Å²) in [4.78, 5) is 14.8. The fourth-order valence-corrected chi connectivity index (χ4v) is 1.68. The highest BCUT2D eigenvalue weighted by Gasteiger charge is 2.16. The molecule has 88 valence electrons. The number of ether oxygens (including phenoxy) is 1. The van der Waals surface area contributed by atoms with Gasteiger partial charge in [-0.2, -0.15) is 9.97 Å². The molecule has 0 atom stereocenters. The second-order valence-electron chi connectivity index (χ2n) is 4.02. The predicted molar refractivity (Wildman–Crippen MR) is 62.0 cm³/mol. The second kappa shape index (κ2) is 4.93. The van der Waals surface area contributed by atoms with E-state index in [1.165, 1.54) is 0 Å². The number of halogens is 1. The Morgan fingerprint density at radius 1 is 1.19 bits per heavy atom. The molecule has 2 heterocycles. The maximum atomic E-state index is 5.89. The summed E-state index contributed by atoms with van der Waals surface area (Å²) in [6, 6.07) is 0. The molecule has 0 aliphatic carbocycles. The number of hydrogen-bond donors (Lipinski definition) is 0. The molecule has 1 aromatic heterocycles. The zero-order chi connectivity index (χ0) is 11.5. The van der Waals surface area contributed by atoms with E-state index in [0.29, 0.717) is 19.2 Å². The van der Waals surface area contributed by atoms with Crippen molar-refractivity contribution in [1.82, 2.24) is 15.0 Å². The van der Waals surface area contributed by atoms with Gasteiger partial charge in [-0.15, -0.1) is 0 Å². The standard InChI is InChI=1S/C10H15ClN4O/c1-7(2)8-12-9(11)14-10(13-8)15-3-5-16-6-4-15/h7H,3-6H2,1-2H3. The molecule has 1 aromatic rings. The molecule has 0 bridgehead atoms. The minimum absolute atomic E-state index is 0.250. The third-order valence-electron chi connectivity index (χ3n) is 2.42. The lowest BCUT2D eigenvalue weighted by atomic mass is 10.2. The van der Waals surface area contributed by atoms with Gasteiger partial charge in [-0.1, -0.05) is 13.8 Å². The van der Waals surface area contributed by atoms with Crippen LogP contribution in [0.2, 0.25) is 5.28 Å². The van der Waals surface area contributed by atoms with Crippen LogP contribution in [-0.2, 0) is 4.74 Å². The van der Waals surface area contributed by atoms with Gasteiger partial charge in [-0.25, -0.2) is 4.98 Å². The van der Waals surface area contributed by atoms with Gasteiger partial charge in [0.25, 0.3) is 0 Å². The normalized spacial score (nSPS) is 16.9. The molecule has 0 N–H and O–H groups in total. The Hall–Kier alpha value is -0.940. The maximum absolute atomic E-state index is 5.89. The molecule has 0 spiro atoms. The summed E-state index contributed by atoms with van der Waals surface area (Å²) >= 11 is 5.89. The van der Waals surface area contributed by atoms with Crippen molar-refractivity contribution in [1.29, 1.82) is 0 Å². The molecule has 1 aliphatic heterocycles. The van der Waals surface area contributed by atoms with Crippen molar-refractivity contribution in [3.63, 3.8) is 0 Å². The van der Waals surface area contributed by atoms with E-state index >= 15 is 0 Å². The fraction of sp³-hybridized carbons (Fsp3) is 0.700. The van der Waals surface area contributed by atoms with Crippen molar-refractivity contribution in [2.24, 2.45) is 0 Å². The Morgan fingerprint density at radius 2 is 1.88 bits per heavy atom. The fourth-order valence-electron chi connectivity index (χ4n) is 1.52. The van der Waals surface area contributed by atoms with E-state index in [1.807, 2.05) is 13.8 Å². The lowest BCUT2D eigenvalue weighted by Crippen LogP contribution is -2.37. The van der Waals surface area contributed by atoms with E-state index in [1.54, 1.807) is 0 Å². The van der Waals surface area contributed by atoms with Crippen LogP contribution in [0.25, 0.3) is 0 Å². The van der Waals surface area contributed by atoms with Crippen LogP contribution >= 0.6 is 11.6 Å². The summed E-state index contributed by atoms with van der Waals surface area (Å²) in [6.07, 6.45) is 0. The first-order valence-corrected chi connectivity index (χ1v) is 5.79. The molecule has 2 rings (SSSR count). The summed E-state index contributed by atoms with van der Waals surface area (Å²) in [5, 5.41) is 0.264. The SMILES string of the molecule is CC(C)c1nc(Cl)nc(N2CCOCC2)n1. The average Bonchev–Trinajstić information content (AvgIpc) is 2.29. The number of morpholine rings is 1. The van der Waals surface area contributed by atoms with Crippen molar-refractivity contribution in [2.45, 2.75) is 19.8 Å². The van der Waals surface area contributed by atoms with Gasteiger partial charge in [-0.05, 0) is 11.6 Å². The van der Waals surface area contributed by atoms with E-state index < -0.39 is 0 Å². The number of hydrogen-bond acceptors (Lipinski definition) is 5. The maximum Gasteiger partial charge on any atom is 0.230 e. The monoisotopic (exact) mass is 242 g/mol. The average molecular weight is 243 g/mol. The molecule has 1 saturated heterocycles. The van der Waals surface area contributed by atoms with E-state index in [-0.39, 0.29) is 11.2 Å². The van der Waals surface area contributed by atoms with Crippen molar-refractivity contribution < 1.29 is 4.74 Å². The first kappa shape index (κ1) is 11.5. The zero-order valence-electron chi connectivity index (χ0n) is 9.48. The van der Waals surface area contributed by atoms with E-state index in [4.69, 9.17) is 16.3 Å². The Balaban J connectivity index is 2.25. The van der Waals surface area contributed by atoms with Gasteiger partial charge in [-0.3, -0.25) is 0 Å². The summed E-state index contributed by atoms with van der Waals surface area (Å²) in [5.41, 5.74) is 0. The van der Waals surface area contributed by atoms with Crippen LogP contribution in [0.4, 0.5) is 5.95 Å². The molecule has 6 heteroatoms. The van der Waals surface area contributed by atoms with Crippen LogP contribution in [-0.4, -0.2) is 41.3 Å². The molecule has 0 saturated carbocycles. The van der Waals surface area contributed by atoms with Gasteiger partial charge < -0.3 is 9.64 Å². The van der Waals surface area contributed by atoms with Crippen molar-refractivity contribution in [3.8, 4) is 0 Å². The van der Waals surface area contributed by atoms with Crippen LogP contribution in [0.15, 0.2) is 0 Å². The first-order chi connectivity index (χ1) is 7.66. The number of rotatable bonds is 2. The van der Waals surface area contributed by atoms with Crippen molar-refractivity contribution >= 4 is 17.5 Å². The summed E-state index contributed by atoms with van der Waals surface area (Å²) in [6.45, 7) is 7.10. The van der Waals surface area contributed by atoms with Crippen LogP contribution in [0.1, 0.15) is 25.6 Å². The smallest absolute Gasteiger partial charge is 0.230 e. The van der Waals surface area contributed by atoms with Crippen LogP contribution in [0.5, 0.6) is 0 Å². The summed E-state index contributed by atoms with van der Waals surface area (Å²) in [5.74, 6) is 1.65. The lowest BCUT2D eigenvalue weighted by molar-refractivity contribution is 0.122. The van der Waals surface area contributed by atoms with Gasteiger partial charge >= 0.3 is 0 Å². The molecular weight excluding hydrogens is 228 g/mol. The predicted octanol–water partition coefficient (Wildman–Crippen LogP) is 1.49. The molecule has 0 amide bonds. The topological polar surface area (TPSA) is 51.1 Å². The van der Waals surface area contributed by atoms with Gasteiger partial charge in [0.15, 0.2) is 0 Å². The largest absolute Gasteiger partial charge is 0.378 e. The van der Waals surface area contributed by atoms with Crippen LogP contribution in [0, 0.1) is 0 Å². The Labute approximate surface area is 99.8 Å². The highest BCUT2D eigenvalue weighted by molar-refractivity contribution is 6.28. The minimum atomic E-state index is 0.250. The van der Waals surface area contributed by atoms with E-state index in [9.17, 15) is 0 Å². The molecule has 0 radical (unpaired) electrons. The third kappa shape index (κ3) is 2.59. The Kier molecular flexibility index (Phi) is 3.56. The minimum Gasteiger partial charge on any atom is -0.378 e. The number of aromatic nitrogens is 3. The summed E-state index contributed by atoms with van der Waals surface area (Å²) < 4.78 is 5.28. The molecule has 0 unspecified atom stereocenters. The van der Waals surface area contributed by atoms with Crippen molar-refractivity contribution in [2.75, 3.05) is 31.2 Å². The Bertz CT molecular complexity index is 366.